The van der Waals surface area contributed by atoms with E-state index in [0.717, 1.165) is 26.3 Å². The third-order valence-corrected chi connectivity index (χ3v) is 1.94. The Hall–Kier alpha value is 0.403. The van der Waals surface area contributed by atoms with E-state index < -0.39 is 0 Å². The van der Waals surface area contributed by atoms with E-state index in [-0.39, 0.29) is 5.91 Å². The summed E-state index contributed by atoms with van der Waals surface area (Å²) in [6.45, 7) is 10.7. The Kier molecular flexibility index (Phi) is 17.1. The molecule has 15 heavy (non-hydrogen) atoms. The Morgan fingerprint density at radius 2 is 1.73 bits per heavy atom. The molecule has 1 fully saturated rings. The maximum atomic E-state index is 10.4. The SMILES string of the molecule is C1CCOC1.[CH2-]C(=O)N(CC)CC.[Zn+][Br]. The molecule has 5 heteroatoms. The van der Waals surface area contributed by atoms with E-state index >= 15 is 0 Å². The molecular formula is C10H20BrNO2Zn. The summed E-state index contributed by atoms with van der Waals surface area (Å²) >= 11 is 4.25. The molecule has 0 spiro atoms. The van der Waals surface area contributed by atoms with E-state index in [2.05, 4.69) is 20.5 Å². The number of carbonyl (C=O) groups is 1. The van der Waals surface area contributed by atoms with Crippen molar-refractivity contribution in [2.24, 2.45) is 0 Å². The summed E-state index contributed by atoms with van der Waals surface area (Å²) in [4.78, 5) is 12.1. The zero-order chi connectivity index (χ0) is 12.1. The van der Waals surface area contributed by atoms with Crippen LogP contribution in [0.1, 0.15) is 26.7 Å². The molecule has 1 aliphatic heterocycles. The number of carbonyl (C=O) groups excluding carboxylic acids is 1. The molecule has 1 saturated heterocycles. The molecule has 0 atom stereocenters. The summed E-state index contributed by atoms with van der Waals surface area (Å²) in [7, 11) is 0. The Morgan fingerprint density at radius 1 is 1.33 bits per heavy atom. The van der Waals surface area contributed by atoms with Gasteiger partial charge >= 0.3 is 30.0 Å². The van der Waals surface area contributed by atoms with Gasteiger partial charge in [0.2, 0.25) is 0 Å². The van der Waals surface area contributed by atoms with Gasteiger partial charge in [-0.2, -0.15) is 0 Å². The zero-order valence-electron chi connectivity index (χ0n) is 9.80. The fraction of sp³-hybridized carbons (Fsp3) is 0.800. The molecule has 0 aromatic carbocycles. The average Bonchev–Trinajstić information content (AvgIpc) is 2.80. The van der Waals surface area contributed by atoms with Crippen molar-refractivity contribution in [3.8, 4) is 0 Å². The molecule has 0 radical (unpaired) electrons. The predicted molar refractivity (Wildman–Crippen MR) is 62.3 cm³/mol. The van der Waals surface area contributed by atoms with Gasteiger partial charge in [-0.15, -0.1) is 0 Å². The van der Waals surface area contributed by atoms with Gasteiger partial charge in [0.25, 0.3) is 0 Å². The monoisotopic (exact) mass is 329 g/mol. The molecule has 0 aromatic rings. The number of hydrogen-bond donors (Lipinski definition) is 0. The number of hydrogen-bond acceptors (Lipinski definition) is 2. The third-order valence-electron chi connectivity index (χ3n) is 1.94. The number of amides is 1. The van der Waals surface area contributed by atoms with Crippen molar-refractivity contribution in [2.45, 2.75) is 26.7 Å². The van der Waals surface area contributed by atoms with Crippen LogP contribution < -0.4 is 0 Å². The topological polar surface area (TPSA) is 29.5 Å². The molecule has 1 amide bonds. The zero-order valence-corrected chi connectivity index (χ0v) is 14.4. The number of rotatable bonds is 2. The molecular weight excluding hydrogens is 311 g/mol. The van der Waals surface area contributed by atoms with Gasteiger partial charge < -0.3 is 21.4 Å². The summed E-state index contributed by atoms with van der Waals surface area (Å²) < 4.78 is 4.94. The van der Waals surface area contributed by atoms with Crippen LogP contribution in [0.15, 0.2) is 0 Å². The second kappa shape index (κ2) is 14.4. The van der Waals surface area contributed by atoms with Crippen LogP contribution in [0.3, 0.4) is 0 Å². The van der Waals surface area contributed by atoms with Crippen LogP contribution in [-0.2, 0) is 25.9 Å². The van der Waals surface area contributed by atoms with E-state index in [1.807, 2.05) is 13.8 Å². The summed E-state index contributed by atoms with van der Waals surface area (Å²) in [5.74, 6) is -0.0880. The van der Waals surface area contributed by atoms with Crippen molar-refractivity contribution >= 4 is 19.5 Å². The molecule has 0 bridgehead atoms. The Balaban J connectivity index is 0. The van der Waals surface area contributed by atoms with E-state index in [1.165, 1.54) is 29.2 Å². The van der Waals surface area contributed by atoms with Gasteiger partial charge in [-0.3, -0.25) is 0 Å². The molecule has 0 aromatic heterocycles. The maximum absolute atomic E-state index is 10.4. The van der Waals surface area contributed by atoms with Crippen LogP contribution in [0.5, 0.6) is 0 Å². The van der Waals surface area contributed by atoms with Crippen LogP contribution in [0.25, 0.3) is 0 Å². The first-order chi connectivity index (χ1) is 7.22. The van der Waals surface area contributed by atoms with Gasteiger partial charge in [0.05, 0.1) is 5.91 Å². The minimum absolute atomic E-state index is 0.0880. The quantitative estimate of drug-likeness (QED) is 0.574. The first kappa shape index (κ1) is 17.8. The van der Waals surface area contributed by atoms with Crippen molar-refractivity contribution in [2.75, 3.05) is 26.3 Å². The predicted octanol–water partition coefficient (Wildman–Crippen LogP) is 2.33. The normalized spacial score (nSPS) is 13.1. The standard InChI is InChI=1S/C6H12NO.C4H8O.BrH.Zn/c1-4-7(5-2)6(3)8;1-2-4-5-3-1;;/h3-5H2,1-2H3;1-4H2;1H;/q-1;;;+2/p-1. The third kappa shape index (κ3) is 12.3. The fourth-order valence-corrected chi connectivity index (χ4v) is 1.09. The van der Waals surface area contributed by atoms with E-state index in [1.54, 1.807) is 4.90 Å². The number of halogens is 1. The Morgan fingerprint density at radius 3 is 1.80 bits per heavy atom. The second-order valence-corrected chi connectivity index (χ2v) is 2.89. The molecule has 1 heterocycles. The molecule has 0 saturated carbocycles. The first-order valence-corrected chi connectivity index (χ1v) is 12.1. The Bertz CT molecular complexity index is 132. The summed E-state index contributed by atoms with van der Waals surface area (Å²) in [6, 6.07) is 0. The summed E-state index contributed by atoms with van der Waals surface area (Å²) in [6.07, 6.45) is 2.56. The molecule has 1 aliphatic rings. The number of nitrogens with zero attached hydrogens (tertiary/aromatic N) is 1. The van der Waals surface area contributed by atoms with Crippen LogP contribution in [-0.4, -0.2) is 37.1 Å². The van der Waals surface area contributed by atoms with Gasteiger partial charge in [-0.05, 0) is 26.7 Å². The van der Waals surface area contributed by atoms with Crippen molar-refractivity contribution in [1.82, 2.24) is 4.90 Å². The van der Waals surface area contributed by atoms with Crippen LogP contribution in [0, 0.1) is 6.92 Å². The Labute approximate surface area is 110 Å². The van der Waals surface area contributed by atoms with Crippen molar-refractivity contribution < 1.29 is 25.9 Å². The van der Waals surface area contributed by atoms with Gasteiger partial charge in [0, 0.05) is 26.3 Å². The second-order valence-electron chi connectivity index (χ2n) is 2.89. The van der Waals surface area contributed by atoms with Crippen LogP contribution in [0.2, 0.25) is 0 Å². The van der Waals surface area contributed by atoms with E-state index in [0.29, 0.717) is 0 Å². The van der Waals surface area contributed by atoms with Gasteiger partial charge in [-0.25, -0.2) is 0 Å². The summed E-state index contributed by atoms with van der Waals surface area (Å²) in [5.41, 5.74) is 0. The molecule has 3 nitrogen and oxygen atoms in total. The molecule has 86 valence electrons. The van der Waals surface area contributed by atoms with E-state index in [9.17, 15) is 4.79 Å². The average molecular weight is 332 g/mol. The van der Waals surface area contributed by atoms with E-state index in [4.69, 9.17) is 4.74 Å². The molecule has 0 unspecified atom stereocenters. The van der Waals surface area contributed by atoms with Crippen LogP contribution >= 0.6 is 13.6 Å². The molecule has 0 N–H and O–H groups in total. The fourth-order valence-electron chi connectivity index (χ4n) is 1.09. The first-order valence-electron chi connectivity index (χ1n) is 5.17. The van der Waals surface area contributed by atoms with Crippen LogP contribution in [0.4, 0.5) is 0 Å². The van der Waals surface area contributed by atoms with Crippen molar-refractivity contribution in [3.05, 3.63) is 6.92 Å². The minimum atomic E-state index is -0.0880. The number of ether oxygens (including phenoxy) is 1. The molecule has 0 aliphatic carbocycles. The van der Waals surface area contributed by atoms with Gasteiger partial charge in [-0.1, -0.05) is 0 Å². The van der Waals surface area contributed by atoms with Gasteiger partial charge in [0.1, 0.15) is 0 Å². The van der Waals surface area contributed by atoms with Crippen molar-refractivity contribution in [3.63, 3.8) is 0 Å². The summed E-state index contributed by atoms with van der Waals surface area (Å²) in [5, 5.41) is 0. The molecule has 1 rings (SSSR count). The van der Waals surface area contributed by atoms with Crippen molar-refractivity contribution in [1.29, 1.82) is 0 Å². The van der Waals surface area contributed by atoms with Gasteiger partial charge in [0.15, 0.2) is 0 Å².